The summed E-state index contributed by atoms with van der Waals surface area (Å²) in [7, 11) is 1.48. The molecular weight excluding hydrogens is 276 g/mol. The number of aliphatic carboxylic acids is 1. The lowest BCUT2D eigenvalue weighted by atomic mass is 10.2. The van der Waals surface area contributed by atoms with Crippen molar-refractivity contribution in [2.45, 2.75) is 18.9 Å². The lowest BCUT2D eigenvalue weighted by Gasteiger charge is -2.16. The van der Waals surface area contributed by atoms with Crippen LogP contribution in [0.25, 0.3) is 0 Å². The fourth-order valence-corrected chi connectivity index (χ4v) is 1.82. The molecule has 21 heavy (non-hydrogen) atoms. The molecule has 1 atom stereocenters. The Morgan fingerprint density at radius 2 is 2.14 bits per heavy atom. The first-order valence-corrected chi connectivity index (χ1v) is 6.66. The first-order chi connectivity index (χ1) is 10.1. The molecule has 0 heterocycles. The summed E-state index contributed by atoms with van der Waals surface area (Å²) in [5.41, 5.74) is 0.484. The molecule has 4 N–H and O–H groups in total. The van der Waals surface area contributed by atoms with Gasteiger partial charge in [0, 0.05) is 13.0 Å². The smallest absolute Gasteiger partial charge is 0.230 e. The second-order valence-corrected chi connectivity index (χ2v) is 4.48. The molecule has 116 valence electrons. The Bertz CT molecular complexity index is 478. The third kappa shape index (κ3) is 5.80. The number of ether oxygens (including phenoxy) is 1. The van der Waals surface area contributed by atoms with Crippen LogP contribution in [0.3, 0.4) is 0 Å². The summed E-state index contributed by atoms with van der Waals surface area (Å²) in [5.74, 6) is -1.24. The van der Waals surface area contributed by atoms with Gasteiger partial charge in [-0.25, -0.2) is 0 Å². The average molecular weight is 296 g/mol. The summed E-state index contributed by atoms with van der Waals surface area (Å²) in [6.07, 6.45) is 0.240. The van der Waals surface area contributed by atoms with Crippen LogP contribution >= 0.6 is 0 Å². The maximum Gasteiger partial charge on any atom is 0.230 e. The number of aliphatic hydroxyl groups excluding tert-OH is 1. The van der Waals surface area contributed by atoms with Gasteiger partial charge < -0.3 is 30.4 Å². The molecule has 1 amide bonds. The van der Waals surface area contributed by atoms with Crippen molar-refractivity contribution < 1.29 is 29.9 Å². The van der Waals surface area contributed by atoms with Crippen molar-refractivity contribution in [2.75, 3.05) is 25.6 Å². The Balaban J connectivity index is 2.59. The number of nitrogens with two attached hydrogens (primary N) is 1. The summed E-state index contributed by atoms with van der Waals surface area (Å²) in [4.78, 5) is 22.9. The van der Waals surface area contributed by atoms with Crippen LogP contribution < -0.4 is 20.5 Å². The minimum absolute atomic E-state index is 0.0241. The Morgan fingerprint density at radius 3 is 2.76 bits per heavy atom. The van der Waals surface area contributed by atoms with Crippen LogP contribution in [-0.4, -0.2) is 43.3 Å². The second kappa shape index (κ2) is 8.93. The van der Waals surface area contributed by atoms with E-state index in [1.54, 1.807) is 24.3 Å². The Morgan fingerprint density at radius 1 is 1.43 bits per heavy atom. The third-order valence-corrected chi connectivity index (χ3v) is 2.90. The number of benzene rings is 1. The van der Waals surface area contributed by atoms with Gasteiger partial charge in [0.25, 0.3) is 0 Å². The fraction of sp³-hybridized carbons (Fsp3) is 0.429. The molecule has 0 unspecified atom stereocenters. The van der Waals surface area contributed by atoms with E-state index >= 15 is 0 Å². The van der Waals surface area contributed by atoms with Gasteiger partial charge in [-0.1, -0.05) is 12.1 Å². The number of methoxy groups -OCH3 is 1. The topological polar surface area (TPSA) is 115 Å². The molecule has 0 aliphatic heterocycles. The van der Waals surface area contributed by atoms with E-state index < -0.39 is 17.9 Å². The predicted molar refractivity (Wildman–Crippen MR) is 73.5 cm³/mol. The molecule has 1 rings (SSSR count). The van der Waals surface area contributed by atoms with E-state index in [4.69, 9.17) is 9.84 Å². The molecule has 1 aromatic rings. The highest BCUT2D eigenvalue weighted by Gasteiger charge is 2.18. The van der Waals surface area contributed by atoms with Gasteiger partial charge in [-0.15, -0.1) is 0 Å². The van der Waals surface area contributed by atoms with E-state index in [1.807, 2.05) is 0 Å². The van der Waals surface area contributed by atoms with Crippen molar-refractivity contribution >= 4 is 17.6 Å². The summed E-state index contributed by atoms with van der Waals surface area (Å²) < 4.78 is 5.10. The van der Waals surface area contributed by atoms with Gasteiger partial charge >= 0.3 is 0 Å². The number of amides is 1. The van der Waals surface area contributed by atoms with Crippen molar-refractivity contribution in [3.05, 3.63) is 24.3 Å². The largest absolute Gasteiger partial charge is 0.544 e. The number of hydrogen-bond acceptors (Lipinski definition) is 5. The summed E-state index contributed by atoms with van der Waals surface area (Å²) in [6, 6.07) is 5.88. The number of quaternary nitrogens is 1. The maximum atomic E-state index is 11.9. The SMILES string of the molecule is COc1ccccc1NC(=O)C[C@H]([NH2+]CCCO)C(=O)[O-]. The quantitative estimate of drug-likeness (QED) is 0.460. The maximum absolute atomic E-state index is 11.9. The minimum atomic E-state index is -1.30. The van der Waals surface area contributed by atoms with Gasteiger partial charge in [0.05, 0.1) is 31.7 Å². The minimum Gasteiger partial charge on any atom is -0.544 e. The van der Waals surface area contributed by atoms with Crippen LogP contribution in [0.15, 0.2) is 24.3 Å². The second-order valence-electron chi connectivity index (χ2n) is 4.48. The number of aliphatic hydroxyl groups is 1. The molecule has 0 fully saturated rings. The summed E-state index contributed by atoms with van der Waals surface area (Å²) in [5, 5.41) is 23.8. The van der Waals surface area contributed by atoms with Crippen LogP contribution in [-0.2, 0) is 9.59 Å². The zero-order chi connectivity index (χ0) is 15.7. The molecular formula is C14H20N2O5. The number of hydrogen-bond donors (Lipinski definition) is 3. The zero-order valence-corrected chi connectivity index (χ0v) is 11.9. The van der Waals surface area contributed by atoms with Gasteiger partial charge in [0.1, 0.15) is 11.8 Å². The Labute approximate surface area is 122 Å². The molecule has 0 bridgehead atoms. The molecule has 7 nitrogen and oxygen atoms in total. The van der Waals surface area contributed by atoms with Crippen molar-refractivity contribution in [3.63, 3.8) is 0 Å². The van der Waals surface area contributed by atoms with E-state index in [0.29, 0.717) is 24.4 Å². The molecule has 0 radical (unpaired) electrons. The molecule has 0 saturated carbocycles. The van der Waals surface area contributed by atoms with Crippen LogP contribution in [0, 0.1) is 0 Å². The Kier molecular flexibility index (Phi) is 7.20. The number of rotatable bonds is 9. The average Bonchev–Trinajstić information content (AvgIpc) is 2.46. The predicted octanol–water partition coefficient (Wildman–Crippen LogP) is -1.91. The highest BCUT2D eigenvalue weighted by Crippen LogP contribution is 2.22. The van der Waals surface area contributed by atoms with Gasteiger partial charge in [-0.3, -0.25) is 4.79 Å². The number of nitrogens with one attached hydrogen (secondary N) is 1. The van der Waals surface area contributed by atoms with Gasteiger partial charge in [0.2, 0.25) is 5.91 Å². The Hall–Kier alpha value is -2.12. The molecule has 0 aliphatic rings. The van der Waals surface area contributed by atoms with Crippen LogP contribution in [0.2, 0.25) is 0 Å². The van der Waals surface area contributed by atoms with Crippen LogP contribution in [0.1, 0.15) is 12.8 Å². The van der Waals surface area contributed by atoms with E-state index in [1.165, 1.54) is 12.4 Å². The van der Waals surface area contributed by atoms with E-state index in [0.717, 1.165) is 0 Å². The molecule has 0 aromatic heterocycles. The molecule has 0 spiro atoms. The number of carbonyl (C=O) groups excluding carboxylic acids is 2. The number of carboxylic acid groups (broad SMARTS) is 1. The number of carboxylic acids is 1. The molecule has 0 aliphatic carbocycles. The number of para-hydroxylation sites is 2. The first kappa shape index (κ1) is 16.9. The highest BCUT2D eigenvalue weighted by molar-refractivity contribution is 5.94. The van der Waals surface area contributed by atoms with E-state index in [2.05, 4.69) is 5.32 Å². The van der Waals surface area contributed by atoms with E-state index in [9.17, 15) is 14.7 Å². The third-order valence-electron chi connectivity index (χ3n) is 2.90. The van der Waals surface area contributed by atoms with Crippen molar-refractivity contribution in [1.29, 1.82) is 0 Å². The number of carbonyl (C=O) groups is 2. The standard InChI is InChI=1S/C14H20N2O5/c1-21-12-6-3-2-5-10(12)16-13(18)9-11(14(19)20)15-7-4-8-17/h2-3,5-6,11,15,17H,4,7-9H2,1H3,(H,16,18)(H,19,20)/t11-/m0/s1. The molecule has 7 heteroatoms. The van der Waals surface area contributed by atoms with Gasteiger partial charge in [0.15, 0.2) is 0 Å². The molecule has 0 saturated heterocycles. The van der Waals surface area contributed by atoms with Crippen molar-refractivity contribution in [2.24, 2.45) is 0 Å². The van der Waals surface area contributed by atoms with Crippen molar-refractivity contribution in [3.8, 4) is 5.75 Å². The normalized spacial score (nSPS) is 11.7. The molecule has 1 aromatic carbocycles. The van der Waals surface area contributed by atoms with Gasteiger partial charge in [-0.2, -0.15) is 0 Å². The number of anilines is 1. The fourth-order valence-electron chi connectivity index (χ4n) is 1.82. The van der Waals surface area contributed by atoms with Crippen LogP contribution in [0.5, 0.6) is 5.75 Å². The van der Waals surface area contributed by atoms with Gasteiger partial charge in [-0.05, 0) is 12.1 Å². The van der Waals surface area contributed by atoms with E-state index in [-0.39, 0.29) is 13.0 Å². The zero-order valence-electron chi connectivity index (χ0n) is 11.9. The first-order valence-electron chi connectivity index (χ1n) is 6.66. The summed E-state index contributed by atoms with van der Waals surface area (Å²) >= 11 is 0. The monoisotopic (exact) mass is 296 g/mol. The lowest BCUT2D eigenvalue weighted by Crippen LogP contribution is -2.93. The van der Waals surface area contributed by atoms with Crippen LogP contribution in [0.4, 0.5) is 5.69 Å². The summed E-state index contributed by atoms with van der Waals surface area (Å²) in [6.45, 7) is 0.390. The lowest BCUT2D eigenvalue weighted by molar-refractivity contribution is -0.682. The highest BCUT2D eigenvalue weighted by atomic mass is 16.5. The van der Waals surface area contributed by atoms with Crippen molar-refractivity contribution in [1.82, 2.24) is 0 Å².